The van der Waals surface area contributed by atoms with Gasteiger partial charge < -0.3 is 10.1 Å². The van der Waals surface area contributed by atoms with Gasteiger partial charge in [-0.2, -0.15) is 0 Å². The summed E-state index contributed by atoms with van der Waals surface area (Å²) in [5.41, 5.74) is 3.85. The Morgan fingerprint density at radius 1 is 1.07 bits per heavy atom. The molecule has 0 aromatic carbocycles. The van der Waals surface area contributed by atoms with E-state index in [2.05, 4.69) is 34.6 Å². The summed E-state index contributed by atoms with van der Waals surface area (Å²) in [6, 6.07) is 10.6. The summed E-state index contributed by atoms with van der Waals surface area (Å²) in [5, 5.41) is 3.65. The van der Waals surface area contributed by atoms with Gasteiger partial charge in [-0.05, 0) is 75.4 Å². The highest BCUT2D eigenvalue weighted by atomic mass is 16.5. The average Bonchev–Trinajstić information content (AvgIpc) is 3.13. The second kappa shape index (κ2) is 8.07. The molecule has 2 fully saturated rings. The highest BCUT2D eigenvalue weighted by Gasteiger charge is 2.48. The van der Waals surface area contributed by atoms with Crippen LogP contribution < -0.4 is 5.32 Å². The number of nitrogens with zero attached hydrogens (tertiary/aromatic N) is 2. The van der Waals surface area contributed by atoms with E-state index in [0.29, 0.717) is 0 Å². The maximum absolute atomic E-state index is 6.34. The molecule has 4 heteroatoms. The molecule has 0 amide bonds. The Morgan fingerprint density at radius 3 is 2.74 bits per heavy atom. The van der Waals surface area contributed by atoms with Crippen molar-refractivity contribution in [1.82, 2.24) is 15.3 Å². The highest BCUT2D eigenvalue weighted by molar-refractivity contribution is 5.21. The van der Waals surface area contributed by atoms with Crippen LogP contribution in [0.5, 0.6) is 0 Å². The van der Waals surface area contributed by atoms with Gasteiger partial charge >= 0.3 is 0 Å². The molecule has 1 saturated heterocycles. The van der Waals surface area contributed by atoms with Gasteiger partial charge in [0, 0.05) is 42.3 Å². The van der Waals surface area contributed by atoms with Crippen LogP contribution in [0.25, 0.3) is 0 Å². The van der Waals surface area contributed by atoms with Crippen LogP contribution in [0, 0.1) is 6.92 Å². The average molecular weight is 366 g/mol. The van der Waals surface area contributed by atoms with E-state index in [1.165, 1.54) is 36.9 Å². The molecule has 2 aromatic heterocycles. The van der Waals surface area contributed by atoms with E-state index in [0.717, 1.165) is 44.7 Å². The zero-order valence-electron chi connectivity index (χ0n) is 16.4. The Hall–Kier alpha value is -1.78. The van der Waals surface area contributed by atoms with E-state index in [9.17, 15) is 0 Å². The molecule has 1 aliphatic heterocycles. The molecule has 2 aliphatic rings. The summed E-state index contributed by atoms with van der Waals surface area (Å²) < 4.78 is 6.34. The van der Waals surface area contributed by atoms with Gasteiger partial charge in [-0.25, -0.2) is 0 Å². The Morgan fingerprint density at radius 2 is 1.96 bits per heavy atom. The third-order valence-corrected chi connectivity index (χ3v) is 6.44. The van der Waals surface area contributed by atoms with Crippen molar-refractivity contribution in [3.05, 3.63) is 59.7 Å². The van der Waals surface area contributed by atoms with Crippen molar-refractivity contribution in [1.29, 1.82) is 0 Å². The Balaban J connectivity index is 1.45. The number of hydrogen-bond acceptors (Lipinski definition) is 4. The summed E-state index contributed by atoms with van der Waals surface area (Å²) in [6.45, 7) is 4.79. The molecule has 0 bridgehead atoms. The molecule has 1 aliphatic carbocycles. The number of nitrogens with one attached hydrogen (secondary N) is 1. The smallest absolute Gasteiger partial charge is 0.0691 e. The second-order valence-corrected chi connectivity index (χ2v) is 8.39. The zero-order chi connectivity index (χ0) is 18.6. The molecular formula is C23H31N3O. The van der Waals surface area contributed by atoms with Crippen LogP contribution in [-0.2, 0) is 16.7 Å². The van der Waals surface area contributed by atoms with Crippen LogP contribution in [0.15, 0.2) is 42.7 Å². The number of aryl methyl sites for hydroxylation is 1. The third-order valence-electron chi connectivity index (χ3n) is 6.44. The first-order valence-corrected chi connectivity index (χ1v) is 10.4. The van der Waals surface area contributed by atoms with Crippen molar-refractivity contribution in [3.8, 4) is 0 Å². The monoisotopic (exact) mass is 365 g/mol. The fraction of sp³-hybridized carbons (Fsp3) is 0.565. The molecule has 1 spiro atoms. The molecule has 1 N–H and O–H groups in total. The first-order chi connectivity index (χ1) is 13.2. The van der Waals surface area contributed by atoms with Gasteiger partial charge in [-0.15, -0.1) is 0 Å². The van der Waals surface area contributed by atoms with Crippen molar-refractivity contribution in [2.75, 3.05) is 13.2 Å². The molecule has 3 heterocycles. The molecule has 1 atom stereocenters. The summed E-state index contributed by atoms with van der Waals surface area (Å²) in [6.07, 6.45) is 12.2. The van der Waals surface area contributed by atoms with Crippen LogP contribution in [-0.4, -0.2) is 28.7 Å². The summed E-state index contributed by atoms with van der Waals surface area (Å²) in [4.78, 5) is 9.07. The molecule has 27 heavy (non-hydrogen) atoms. The molecule has 0 radical (unpaired) electrons. The molecule has 1 saturated carbocycles. The first kappa shape index (κ1) is 18.6. The SMILES string of the molecule is Cc1cc(CNCC[C@@]2(c3ccccn3)CCOC3(CCCC3)C2)ccn1. The van der Waals surface area contributed by atoms with Crippen molar-refractivity contribution in [2.24, 2.45) is 0 Å². The van der Waals surface area contributed by atoms with Gasteiger partial charge in [-0.1, -0.05) is 18.9 Å². The molecular weight excluding hydrogens is 334 g/mol. The Labute approximate surface area is 162 Å². The van der Waals surface area contributed by atoms with E-state index < -0.39 is 0 Å². The second-order valence-electron chi connectivity index (χ2n) is 8.39. The van der Waals surface area contributed by atoms with Gasteiger partial charge in [0.25, 0.3) is 0 Å². The predicted molar refractivity (Wildman–Crippen MR) is 108 cm³/mol. The lowest BCUT2D eigenvalue weighted by molar-refractivity contribution is -0.104. The minimum absolute atomic E-state index is 0.0952. The fourth-order valence-corrected chi connectivity index (χ4v) is 5.07. The van der Waals surface area contributed by atoms with E-state index in [-0.39, 0.29) is 11.0 Å². The number of rotatable bonds is 6. The first-order valence-electron chi connectivity index (χ1n) is 10.4. The Bertz CT molecular complexity index is 742. The quantitative estimate of drug-likeness (QED) is 0.774. The number of ether oxygens (including phenoxy) is 1. The van der Waals surface area contributed by atoms with Gasteiger partial charge in [0.1, 0.15) is 0 Å². The largest absolute Gasteiger partial charge is 0.375 e. The van der Waals surface area contributed by atoms with E-state index >= 15 is 0 Å². The molecule has 4 rings (SSSR count). The number of aromatic nitrogens is 2. The van der Waals surface area contributed by atoms with Crippen LogP contribution in [0.4, 0.5) is 0 Å². The maximum atomic E-state index is 6.34. The maximum Gasteiger partial charge on any atom is 0.0691 e. The zero-order valence-corrected chi connectivity index (χ0v) is 16.4. The van der Waals surface area contributed by atoms with Crippen LogP contribution >= 0.6 is 0 Å². The van der Waals surface area contributed by atoms with Crippen molar-refractivity contribution in [3.63, 3.8) is 0 Å². The summed E-state index contributed by atoms with van der Waals surface area (Å²) in [7, 11) is 0. The predicted octanol–water partition coefficient (Wildman–Crippen LogP) is 4.33. The standard InChI is InChI=1S/C23H31N3O/c1-19-16-20(7-13-25-19)17-24-14-10-22(21-6-2-5-12-26-21)11-15-27-23(18-22)8-3-4-9-23/h2,5-7,12-13,16,24H,3-4,8-11,14-15,17-18H2,1H3/t22-/m1/s1. The van der Waals surface area contributed by atoms with E-state index in [1.807, 2.05) is 25.4 Å². The molecule has 4 nitrogen and oxygen atoms in total. The van der Waals surface area contributed by atoms with Crippen LogP contribution in [0.1, 0.15) is 61.9 Å². The number of pyridine rings is 2. The normalized spacial score (nSPS) is 24.3. The van der Waals surface area contributed by atoms with E-state index in [4.69, 9.17) is 9.72 Å². The molecule has 144 valence electrons. The highest BCUT2D eigenvalue weighted by Crippen LogP contribution is 2.49. The van der Waals surface area contributed by atoms with Gasteiger partial charge in [0.05, 0.1) is 5.60 Å². The lowest BCUT2D eigenvalue weighted by atomic mass is 9.68. The third kappa shape index (κ3) is 4.22. The topological polar surface area (TPSA) is 47.0 Å². The van der Waals surface area contributed by atoms with E-state index in [1.54, 1.807) is 0 Å². The summed E-state index contributed by atoms with van der Waals surface area (Å²) in [5.74, 6) is 0. The molecule has 0 unspecified atom stereocenters. The molecule has 2 aromatic rings. The van der Waals surface area contributed by atoms with Crippen molar-refractivity contribution >= 4 is 0 Å². The van der Waals surface area contributed by atoms with Gasteiger partial charge in [-0.3, -0.25) is 9.97 Å². The lowest BCUT2D eigenvalue weighted by Gasteiger charge is -2.46. The van der Waals surface area contributed by atoms with Crippen LogP contribution in [0.2, 0.25) is 0 Å². The summed E-state index contributed by atoms with van der Waals surface area (Å²) >= 11 is 0. The number of hydrogen-bond donors (Lipinski definition) is 1. The lowest BCUT2D eigenvalue weighted by Crippen LogP contribution is -2.47. The fourth-order valence-electron chi connectivity index (χ4n) is 5.07. The Kier molecular flexibility index (Phi) is 5.55. The van der Waals surface area contributed by atoms with Gasteiger partial charge in [0.2, 0.25) is 0 Å². The minimum atomic E-state index is 0.0952. The van der Waals surface area contributed by atoms with Gasteiger partial charge in [0.15, 0.2) is 0 Å². The minimum Gasteiger partial charge on any atom is -0.375 e. The van der Waals surface area contributed by atoms with Crippen LogP contribution in [0.3, 0.4) is 0 Å². The van der Waals surface area contributed by atoms with Crippen molar-refractivity contribution in [2.45, 2.75) is 69.4 Å². The van der Waals surface area contributed by atoms with Crippen molar-refractivity contribution < 1.29 is 4.74 Å².